The van der Waals surface area contributed by atoms with E-state index < -0.39 is 59.5 Å². The highest BCUT2D eigenvalue weighted by Crippen LogP contribution is 2.50. The van der Waals surface area contributed by atoms with Crippen molar-refractivity contribution in [2.75, 3.05) is 25.1 Å². The Balaban J connectivity index is 1.87. The van der Waals surface area contributed by atoms with E-state index in [-0.39, 0.29) is 29.2 Å². The fraction of sp³-hybridized carbons (Fsp3) is 0.579. The van der Waals surface area contributed by atoms with Crippen LogP contribution in [0.2, 0.25) is 0 Å². The van der Waals surface area contributed by atoms with E-state index in [2.05, 4.69) is 4.98 Å². The number of hydrogen-bond donors (Lipinski definition) is 2. The number of nitrogens with zero attached hydrogens (tertiary/aromatic N) is 2. The van der Waals surface area contributed by atoms with Gasteiger partial charge in [-0.25, -0.2) is 9.18 Å². The third-order valence-electron chi connectivity index (χ3n) is 6.31. The van der Waals surface area contributed by atoms with Crippen LogP contribution in [0.15, 0.2) is 15.7 Å². The highest BCUT2D eigenvalue weighted by molar-refractivity contribution is 5.91. The molecular weight excluding hydrogens is 465 g/mol. The van der Waals surface area contributed by atoms with Crippen LogP contribution in [0.4, 0.5) is 36.4 Å². The van der Waals surface area contributed by atoms with Crippen LogP contribution in [-0.4, -0.2) is 47.6 Å². The third-order valence-corrected chi connectivity index (χ3v) is 6.31. The Hall–Kier alpha value is -2.77. The minimum Gasteiger partial charge on any atom is -0.492 e. The van der Waals surface area contributed by atoms with Gasteiger partial charge in [-0.05, 0) is 25.3 Å². The molecule has 33 heavy (non-hydrogen) atoms. The average molecular weight is 484 g/mol. The van der Waals surface area contributed by atoms with Crippen molar-refractivity contribution in [2.24, 2.45) is 11.7 Å². The maximum atomic E-state index is 15.1. The van der Waals surface area contributed by atoms with Crippen molar-refractivity contribution in [1.82, 2.24) is 9.55 Å². The van der Waals surface area contributed by atoms with Crippen LogP contribution < -0.4 is 26.6 Å². The number of methoxy groups -OCH3 is 1. The summed E-state index contributed by atoms with van der Waals surface area (Å²) in [5, 5.41) is -0.228. The molecule has 3 N–H and O–H groups in total. The van der Waals surface area contributed by atoms with Crippen molar-refractivity contribution in [1.29, 1.82) is 0 Å². The van der Waals surface area contributed by atoms with Gasteiger partial charge in [0.15, 0.2) is 11.6 Å². The Morgan fingerprint density at radius 2 is 1.70 bits per heavy atom. The molecule has 14 heteroatoms. The topological polar surface area (TPSA) is 93.3 Å². The summed E-state index contributed by atoms with van der Waals surface area (Å²) in [6, 6.07) is 0.489. The zero-order valence-corrected chi connectivity index (χ0v) is 17.1. The smallest absolute Gasteiger partial charge is 0.415 e. The summed E-state index contributed by atoms with van der Waals surface area (Å²) in [6.45, 7) is -1.25. The molecule has 1 saturated carbocycles. The van der Waals surface area contributed by atoms with E-state index in [1.807, 2.05) is 0 Å². The average Bonchev–Trinajstić information content (AvgIpc) is 3.41. The molecule has 182 valence electrons. The molecule has 0 spiro atoms. The van der Waals surface area contributed by atoms with Crippen molar-refractivity contribution in [3.05, 3.63) is 32.7 Å². The molecule has 0 bridgehead atoms. The number of nitrogens with one attached hydrogen (secondary N) is 1. The zero-order valence-electron chi connectivity index (χ0n) is 17.1. The number of aromatic nitrogens is 2. The first-order valence-corrected chi connectivity index (χ1v) is 9.94. The molecule has 1 aromatic heterocycles. The molecule has 2 aliphatic rings. The summed E-state index contributed by atoms with van der Waals surface area (Å²) in [5.74, 6) is -3.53. The van der Waals surface area contributed by atoms with Gasteiger partial charge in [-0.2, -0.15) is 26.3 Å². The van der Waals surface area contributed by atoms with Gasteiger partial charge in [0.1, 0.15) is 11.2 Å². The first kappa shape index (κ1) is 23.4. The van der Waals surface area contributed by atoms with Crippen LogP contribution in [0.5, 0.6) is 5.75 Å². The largest absolute Gasteiger partial charge is 0.492 e. The number of aromatic amines is 1. The summed E-state index contributed by atoms with van der Waals surface area (Å²) in [5.41, 5.74) is -1.76. The van der Waals surface area contributed by atoms with Gasteiger partial charge in [0.05, 0.1) is 12.5 Å². The monoisotopic (exact) mass is 484 g/mol. The van der Waals surface area contributed by atoms with Gasteiger partial charge >= 0.3 is 18.0 Å². The van der Waals surface area contributed by atoms with Crippen molar-refractivity contribution < 1.29 is 35.5 Å². The molecule has 1 atom stereocenters. The van der Waals surface area contributed by atoms with Crippen molar-refractivity contribution >= 4 is 16.6 Å². The van der Waals surface area contributed by atoms with E-state index in [9.17, 15) is 35.9 Å². The normalized spacial score (nSPS) is 20.0. The summed E-state index contributed by atoms with van der Waals surface area (Å²) in [4.78, 5) is 27.7. The van der Waals surface area contributed by atoms with Gasteiger partial charge < -0.3 is 15.4 Å². The first-order valence-electron chi connectivity index (χ1n) is 9.94. The lowest BCUT2D eigenvalue weighted by Crippen LogP contribution is -2.68. The highest BCUT2D eigenvalue weighted by Gasteiger charge is 2.72. The number of ether oxygens (including phenoxy) is 1. The van der Waals surface area contributed by atoms with E-state index in [0.29, 0.717) is 12.8 Å². The summed E-state index contributed by atoms with van der Waals surface area (Å²) >= 11 is 0. The second kappa shape index (κ2) is 7.37. The molecule has 2 fully saturated rings. The molecule has 1 unspecified atom stereocenters. The second-order valence-corrected chi connectivity index (χ2v) is 8.29. The highest BCUT2D eigenvalue weighted by atomic mass is 19.4. The number of hydrogen-bond acceptors (Lipinski definition) is 5. The Morgan fingerprint density at radius 1 is 1.09 bits per heavy atom. The van der Waals surface area contributed by atoms with Gasteiger partial charge in [-0.1, -0.05) is 0 Å². The Bertz CT molecular complexity index is 1200. The fourth-order valence-electron chi connectivity index (χ4n) is 4.47. The molecule has 0 amide bonds. The molecular formula is C19H19F7N4O3. The SMILES string of the molecule is COc1c(N2CCC(C(N)(C(F)(F)F)C(F)(F)F)C2)c(F)cc2c(=O)[nH]c(=O)n(C3CC3)c12. The number of alkyl halides is 6. The summed E-state index contributed by atoms with van der Waals surface area (Å²) in [7, 11) is 1.10. The van der Waals surface area contributed by atoms with E-state index in [0.717, 1.165) is 18.1 Å². The lowest BCUT2D eigenvalue weighted by Gasteiger charge is -2.38. The zero-order chi connectivity index (χ0) is 24.5. The van der Waals surface area contributed by atoms with Crippen molar-refractivity contribution in [3.63, 3.8) is 0 Å². The number of nitrogens with two attached hydrogens (primary N) is 1. The maximum Gasteiger partial charge on any atom is 0.415 e. The third kappa shape index (κ3) is 3.45. The predicted molar refractivity (Wildman–Crippen MR) is 103 cm³/mol. The number of fused-ring (bicyclic) bond motifs is 1. The van der Waals surface area contributed by atoms with Crippen LogP contribution in [0.25, 0.3) is 10.9 Å². The Labute approximate surface area is 180 Å². The van der Waals surface area contributed by atoms with Gasteiger partial charge in [0, 0.05) is 25.0 Å². The molecule has 7 nitrogen and oxygen atoms in total. The molecule has 0 radical (unpaired) electrons. The van der Waals surface area contributed by atoms with Gasteiger partial charge in [0.25, 0.3) is 5.56 Å². The molecule has 1 aliphatic carbocycles. The van der Waals surface area contributed by atoms with Gasteiger partial charge in [0.2, 0.25) is 5.54 Å². The van der Waals surface area contributed by atoms with Gasteiger partial charge in [-0.3, -0.25) is 14.3 Å². The van der Waals surface area contributed by atoms with Gasteiger partial charge in [-0.15, -0.1) is 0 Å². The maximum absolute atomic E-state index is 15.1. The van der Waals surface area contributed by atoms with E-state index >= 15 is 4.39 Å². The van der Waals surface area contributed by atoms with Crippen LogP contribution >= 0.6 is 0 Å². The van der Waals surface area contributed by atoms with E-state index in [1.165, 1.54) is 4.57 Å². The second-order valence-electron chi connectivity index (χ2n) is 8.29. The number of anilines is 1. The lowest BCUT2D eigenvalue weighted by atomic mass is 9.82. The Kier molecular flexibility index (Phi) is 5.22. The first-order chi connectivity index (χ1) is 15.2. The summed E-state index contributed by atoms with van der Waals surface area (Å²) in [6.07, 6.45) is -11.0. The van der Waals surface area contributed by atoms with Crippen LogP contribution in [0.1, 0.15) is 25.3 Å². The molecule has 1 saturated heterocycles. The predicted octanol–water partition coefficient (Wildman–Crippen LogP) is 2.82. The molecule has 2 aromatic rings. The van der Waals surface area contributed by atoms with Crippen LogP contribution in [-0.2, 0) is 0 Å². The number of halogens is 7. The van der Waals surface area contributed by atoms with E-state index in [4.69, 9.17) is 10.5 Å². The summed E-state index contributed by atoms with van der Waals surface area (Å²) < 4.78 is 102. The van der Waals surface area contributed by atoms with Crippen molar-refractivity contribution in [3.8, 4) is 5.75 Å². The number of H-pyrrole nitrogens is 1. The van der Waals surface area contributed by atoms with Crippen LogP contribution in [0, 0.1) is 11.7 Å². The standard InChI is InChI=1S/C19H19F7N4O3/c1-33-14-12-10(15(31)28-16(32)30(12)9-2-3-9)6-11(20)13(14)29-5-4-8(7-29)17(27,18(21,22)23)19(24,25)26/h6,8-9H,2-5,7,27H2,1H3,(H,28,31,32). The number of benzene rings is 1. The minimum absolute atomic E-state index is 0.0701. The van der Waals surface area contributed by atoms with Crippen LogP contribution in [0.3, 0.4) is 0 Å². The fourth-order valence-corrected chi connectivity index (χ4v) is 4.47. The lowest BCUT2D eigenvalue weighted by molar-refractivity contribution is -0.309. The van der Waals surface area contributed by atoms with E-state index in [1.54, 1.807) is 0 Å². The molecule has 2 heterocycles. The Morgan fingerprint density at radius 3 is 2.21 bits per heavy atom. The van der Waals surface area contributed by atoms with Crippen molar-refractivity contribution in [2.45, 2.75) is 43.2 Å². The molecule has 1 aromatic carbocycles. The quantitative estimate of drug-likeness (QED) is 0.652. The number of rotatable bonds is 4. The molecule has 4 rings (SSSR count). The molecule has 1 aliphatic heterocycles. The minimum atomic E-state index is -5.79.